The average Bonchev–Trinajstić information content (AvgIpc) is 1.50. The van der Waals surface area contributed by atoms with Crippen molar-refractivity contribution in [2.24, 2.45) is 47.3 Å². The molecule has 648 valence electrons. The molecule has 10 aromatic heterocycles. The van der Waals surface area contributed by atoms with E-state index in [-0.39, 0.29) is 76.5 Å². The fourth-order valence-corrected chi connectivity index (χ4v) is 28.9. The van der Waals surface area contributed by atoms with Crippen LogP contribution in [0.4, 0.5) is 0 Å². The number of ether oxygens (including phenoxy) is 1. The molecule has 11 heterocycles. The lowest BCUT2D eigenvalue weighted by atomic mass is 9.78. The van der Waals surface area contributed by atoms with Crippen molar-refractivity contribution in [3.05, 3.63) is 180 Å². The Morgan fingerprint density at radius 1 is 0.365 bits per heavy atom. The second-order valence-electron chi connectivity index (χ2n) is 35.8. The van der Waals surface area contributed by atoms with Crippen molar-refractivity contribution in [1.29, 1.82) is 21.0 Å². The number of Topliss-reactive ketones (excluding diaryl/α,β-unsaturated/α-hetero) is 2. The van der Waals surface area contributed by atoms with E-state index in [1.807, 2.05) is 24.3 Å². The number of nitriles is 4. The molecule has 2 atom stereocenters. The zero-order valence-electron chi connectivity index (χ0n) is 72.0. The summed E-state index contributed by atoms with van der Waals surface area (Å²) in [5, 5.41) is 46.3. The van der Waals surface area contributed by atoms with Crippen LogP contribution in [0.3, 0.4) is 0 Å². The maximum atomic E-state index is 15.4. The lowest BCUT2D eigenvalue weighted by Gasteiger charge is -2.39. The summed E-state index contributed by atoms with van der Waals surface area (Å²) < 4.78 is 8.16. The van der Waals surface area contributed by atoms with E-state index in [2.05, 4.69) is 133 Å². The van der Waals surface area contributed by atoms with Crippen LogP contribution in [0.5, 0.6) is 5.75 Å². The molecule has 3 aliphatic rings. The molecule has 2 unspecified atom stereocenters. The van der Waals surface area contributed by atoms with Gasteiger partial charge >= 0.3 is 0 Å². The summed E-state index contributed by atoms with van der Waals surface area (Å²) in [5.74, 6) is 2.76. The first-order valence-corrected chi connectivity index (χ1v) is 52.0. The van der Waals surface area contributed by atoms with Gasteiger partial charge in [0, 0.05) is 69.4 Å². The van der Waals surface area contributed by atoms with E-state index in [9.17, 15) is 21.0 Å². The van der Waals surface area contributed by atoms with E-state index in [1.54, 1.807) is 86.2 Å². The lowest BCUT2D eigenvalue weighted by molar-refractivity contribution is 0.0324. The third kappa shape index (κ3) is 19.0. The number of carbonyl (C=O) groups excluding carboxylic acids is 2. The summed E-state index contributed by atoms with van der Waals surface area (Å²) in [6.07, 6.45) is 16.0. The number of benzene rings is 2. The third-order valence-electron chi connectivity index (χ3n) is 23.0. The van der Waals surface area contributed by atoms with Crippen LogP contribution in [0.1, 0.15) is 228 Å². The number of fused-ring (bicyclic) bond motifs is 7. The molecule has 2 aromatic carbocycles. The number of aromatic nitrogens is 4. The normalized spacial score (nSPS) is 15.5. The minimum atomic E-state index is -0.902. The predicted molar refractivity (Wildman–Crippen MR) is 538 cm³/mol. The van der Waals surface area contributed by atoms with Crippen molar-refractivity contribution in [1.82, 2.24) is 19.9 Å². The SMILES string of the molecule is CC(C)CCCC(C)CCC1(CCC(C)CCCC(C)C)Oc2cc(-c3sc(/C=C4\C(=O)c5cc(Cl)c(Cl)cc5C4=C(C#N)C#N)c4nc(-c5cc(Cl)c(CC(C)C)s5)c(-c5cc(Cl)c(CC(C)C)s5)nc34)sc2-c2sc(-c3sc(/C=C4\C(=O)c5cc(Cl)c(Cl)cc5C4=C(C#N)C#N)c4nc(-c5cc(Cl)c(CC(C)C)s5)c(-c5cc(Cl)c(CC(C)C)s5)nc34)cc21. The molecule has 126 heavy (non-hydrogen) atoms. The van der Waals surface area contributed by atoms with Gasteiger partial charge in [-0.1, -0.05) is 228 Å². The fourth-order valence-electron chi connectivity index (χ4n) is 16.8. The van der Waals surface area contributed by atoms with Crippen LogP contribution in [0, 0.1) is 92.7 Å². The molecule has 12 aromatic rings. The van der Waals surface area contributed by atoms with Gasteiger partial charge in [-0.05, 0) is 177 Å². The number of halogens is 8. The summed E-state index contributed by atoms with van der Waals surface area (Å²) in [7, 11) is 0. The Morgan fingerprint density at radius 3 is 1.02 bits per heavy atom. The predicted octanol–water partition coefficient (Wildman–Crippen LogP) is 35.0. The summed E-state index contributed by atoms with van der Waals surface area (Å²) >= 11 is 68.5. The largest absolute Gasteiger partial charge is 0.481 e. The van der Waals surface area contributed by atoms with Crippen LogP contribution in [-0.4, -0.2) is 31.5 Å². The van der Waals surface area contributed by atoms with Crippen LogP contribution in [0.2, 0.25) is 40.2 Å². The Kier molecular flexibility index (Phi) is 28.9. The molecule has 0 fully saturated rings. The van der Waals surface area contributed by atoms with E-state index in [4.69, 9.17) is 117 Å². The van der Waals surface area contributed by atoms with Crippen molar-refractivity contribution < 1.29 is 14.3 Å². The Labute approximate surface area is 809 Å². The van der Waals surface area contributed by atoms with Gasteiger partial charge in [0.25, 0.3) is 0 Å². The highest BCUT2D eigenvalue weighted by Crippen LogP contribution is 2.62. The van der Waals surface area contributed by atoms with E-state index >= 15 is 9.59 Å². The van der Waals surface area contributed by atoms with Crippen LogP contribution < -0.4 is 4.74 Å². The number of nitrogens with zero attached hydrogens (tertiary/aromatic N) is 8. The highest BCUT2D eigenvalue weighted by atomic mass is 35.5. The van der Waals surface area contributed by atoms with Crippen molar-refractivity contribution in [3.63, 3.8) is 0 Å². The minimum Gasteiger partial charge on any atom is -0.481 e. The Bertz CT molecular complexity index is 6660. The van der Waals surface area contributed by atoms with Gasteiger partial charge in [-0.3, -0.25) is 9.59 Å². The Balaban J connectivity index is 1.03. The van der Waals surface area contributed by atoms with E-state index < -0.39 is 17.2 Å². The van der Waals surface area contributed by atoms with Gasteiger partial charge in [-0.2, -0.15) is 21.0 Å². The van der Waals surface area contributed by atoms with Gasteiger partial charge in [0.05, 0.1) is 93.8 Å². The first-order valence-electron chi connectivity index (χ1n) is 42.5. The zero-order valence-corrected chi connectivity index (χ0v) is 84.6. The van der Waals surface area contributed by atoms with Crippen molar-refractivity contribution in [3.8, 4) is 102 Å². The van der Waals surface area contributed by atoms with Crippen molar-refractivity contribution in [2.45, 2.75) is 192 Å². The number of hydrogen-bond donors (Lipinski definition) is 0. The number of rotatable bonds is 30. The Hall–Kier alpha value is -6.90. The molecule has 0 saturated carbocycles. The lowest BCUT2D eigenvalue weighted by Crippen LogP contribution is -2.36. The van der Waals surface area contributed by atoms with Crippen molar-refractivity contribution in [2.75, 3.05) is 0 Å². The quantitative estimate of drug-likeness (QED) is 0.0307. The highest BCUT2D eigenvalue weighted by molar-refractivity contribution is 7.30. The standard InChI is InChI=1S/C99H90Cl8N8O3S8/c1-45(2)17-15-19-51(13)21-23-99(24-22-52(14)20-16-18-46(3)4)61-35-81(97-91-89(75(123-97)33-59-83(53(41-108)42-109)55-29-62(100)64(102)31-57(55)93(59)116)112-85(77-36-66(104)71(119-77)25-47(5)6)87(114-91)79-38-68(106)73(121-79)27-49(9)10)125-95(61)96-70(118-99)40-82(126-96)98-92-90(76(124-98)34-60-84(54(43-110)44-111)56-30-63(101)65(103)32-58(56)94(60)117)113-86(78-37-67(105)72(120-78)26-48(7)8)88(115-92)80-39-69(107)74(122-80)28-50(11)12/h29-40,45-52H,15-28H2,1-14H3/b59-33-,60-34-. The van der Waals surface area contributed by atoms with Gasteiger partial charge in [-0.25, -0.2) is 19.9 Å². The van der Waals surface area contributed by atoms with E-state index in [0.717, 1.165) is 151 Å². The molecular formula is C99H90Cl8N8O3S8. The molecule has 0 amide bonds. The molecule has 27 heteroatoms. The molecule has 0 radical (unpaired) electrons. The molecule has 0 bridgehead atoms. The van der Waals surface area contributed by atoms with Gasteiger partial charge in [0.1, 0.15) is 91.6 Å². The number of ketones is 2. The molecular weight excluding hydrogens is 1890 g/mol. The second kappa shape index (κ2) is 38.9. The fraction of sp³-hybridized carbons (Fsp3) is 0.374. The van der Waals surface area contributed by atoms with Crippen LogP contribution in [0.15, 0.2) is 83.0 Å². The third-order valence-corrected chi connectivity index (χ3v) is 35.9. The van der Waals surface area contributed by atoms with Gasteiger partial charge in [0.2, 0.25) is 0 Å². The molecule has 15 rings (SSSR count). The van der Waals surface area contributed by atoms with Gasteiger partial charge in [-0.15, -0.1) is 90.7 Å². The van der Waals surface area contributed by atoms with E-state index in [1.165, 1.54) is 40.9 Å². The number of allylic oxidation sites excluding steroid dienone is 6. The Morgan fingerprint density at radius 2 is 0.690 bits per heavy atom. The summed E-state index contributed by atoms with van der Waals surface area (Å²) in [5.41, 5.74) is 5.40. The van der Waals surface area contributed by atoms with E-state index in [0.29, 0.717) is 140 Å². The van der Waals surface area contributed by atoms with Gasteiger partial charge < -0.3 is 4.74 Å². The molecule has 0 spiro atoms. The number of thiophene rings is 8. The topological polar surface area (TPSA) is 190 Å². The summed E-state index contributed by atoms with van der Waals surface area (Å²) in [6.45, 7) is 31.2. The zero-order chi connectivity index (χ0) is 90.1. The van der Waals surface area contributed by atoms with Crippen LogP contribution in [0.25, 0.3) is 117 Å². The monoisotopic (exact) mass is 1970 g/mol. The first kappa shape index (κ1) is 93.8. The summed E-state index contributed by atoms with van der Waals surface area (Å²) in [6, 6.07) is 26.8. The van der Waals surface area contributed by atoms with Crippen LogP contribution >= 0.6 is 184 Å². The molecule has 1 aliphatic heterocycles. The minimum absolute atomic E-state index is 0.0903. The maximum Gasteiger partial charge on any atom is 0.194 e. The maximum absolute atomic E-state index is 15.4. The summed E-state index contributed by atoms with van der Waals surface area (Å²) in [4.78, 5) is 67.4. The first-order chi connectivity index (χ1) is 60.1. The molecule has 2 aliphatic carbocycles. The van der Waals surface area contributed by atoms with Crippen LogP contribution in [-0.2, 0) is 31.3 Å². The van der Waals surface area contributed by atoms with Gasteiger partial charge in [0.15, 0.2) is 11.6 Å². The molecule has 0 saturated heterocycles. The smallest absolute Gasteiger partial charge is 0.194 e. The van der Waals surface area contributed by atoms with Crippen molar-refractivity contribution >= 4 is 240 Å². The number of carbonyl (C=O) groups is 2. The number of hydrogen-bond acceptors (Lipinski definition) is 19. The average molecular weight is 1980 g/mol. The second-order valence-corrected chi connectivity index (χ2v) is 47.8. The highest BCUT2D eigenvalue weighted by Gasteiger charge is 2.46. The molecule has 11 nitrogen and oxygen atoms in total. The molecule has 0 N–H and O–H groups in total.